The van der Waals surface area contributed by atoms with Gasteiger partial charge in [0.05, 0.1) is 23.8 Å². The number of nitrogens with zero attached hydrogens (tertiary/aromatic N) is 2. The third kappa shape index (κ3) is 4.33. The monoisotopic (exact) mass is 354 g/mol. The first-order valence-corrected chi connectivity index (χ1v) is 8.71. The zero-order valence-corrected chi connectivity index (χ0v) is 14.5. The number of nitrogens with one attached hydrogen (secondary N) is 2. The van der Waals surface area contributed by atoms with Crippen molar-refractivity contribution in [2.24, 2.45) is 0 Å². The fourth-order valence-electron chi connectivity index (χ4n) is 2.38. The molecule has 0 spiro atoms. The summed E-state index contributed by atoms with van der Waals surface area (Å²) in [5, 5.41) is 7.32. The van der Waals surface area contributed by atoms with Crippen LogP contribution in [0.3, 0.4) is 0 Å². The molecule has 0 saturated heterocycles. The summed E-state index contributed by atoms with van der Waals surface area (Å²) in [5.74, 6) is -0.460. The van der Waals surface area contributed by atoms with Crippen LogP contribution in [-0.2, 0) is 4.79 Å². The molecule has 0 aliphatic rings. The Hall–Kier alpha value is -2.93. The van der Waals surface area contributed by atoms with E-state index in [2.05, 4.69) is 15.6 Å². The third-order valence-electron chi connectivity index (χ3n) is 3.73. The number of amides is 2. The first-order valence-electron chi connectivity index (χ1n) is 7.83. The van der Waals surface area contributed by atoms with Gasteiger partial charge in [-0.3, -0.25) is 9.59 Å². The predicted octanol–water partition coefficient (Wildman–Crippen LogP) is 2.54. The number of carbonyl (C=O) groups is 2. The minimum absolute atomic E-state index is 0.0474. The summed E-state index contributed by atoms with van der Waals surface area (Å²) in [4.78, 5) is 28.5. The van der Waals surface area contributed by atoms with Crippen LogP contribution >= 0.6 is 11.3 Å². The SMILES string of the molecule is C[C@H](NC(=O)CNC(=O)c1cccs1)c1ccc(-n2ccnc2)cc1. The summed E-state index contributed by atoms with van der Waals surface area (Å²) < 4.78 is 1.91. The van der Waals surface area contributed by atoms with Crippen molar-refractivity contribution in [3.8, 4) is 5.69 Å². The molecule has 25 heavy (non-hydrogen) atoms. The molecule has 1 atom stereocenters. The van der Waals surface area contributed by atoms with Gasteiger partial charge in [0.25, 0.3) is 5.91 Å². The van der Waals surface area contributed by atoms with Crippen LogP contribution in [0.1, 0.15) is 28.2 Å². The molecule has 0 unspecified atom stereocenters. The first-order chi connectivity index (χ1) is 12.1. The second kappa shape index (κ2) is 7.76. The molecule has 0 aliphatic heterocycles. The maximum Gasteiger partial charge on any atom is 0.261 e. The summed E-state index contributed by atoms with van der Waals surface area (Å²) in [6, 6.07) is 11.2. The largest absolute Gasteiger partial charge is 0.348 e. The molecule has 6 nitrogen and oxygen atoms in total. The zero-order valence-electron chi connectivity index (χ0n) is 13.7. The van der Waals surface area contributed by atoms with E-state index in [0.29, 0.717) is 4.88 Å². The van der Waals surface area contributed by atoms with Crippen molar-refractivity contribution in [3.05, 3.63) is 70.9 Å². The smallest absolute Gasteiger partial charge is 0.261 e. The van der Waals surface area contributed by atoms with Gasteiger partial charge in [-0.15, -0.1) is 11.3 Å². The van der Waals surface area contributed by atoms with Crippen molar-refractivity contribution in [3.63, 3.8) is 0 Å². The van der Waals surface area contributed by atoms with E-state index >= 15 is 0 Å². The Morgan fingerprint density at radius 1 is 1.24 bits per heavy atom. The number of thiophene rings is 1. The summed E-state index contributed by atoms with van der Waals surface area (Å²) in [7, 11) is 0. The van der Waals surface area contributed by atoms with E-state index in [1.165, 1.54) is 11.3 Å². The molecule has 2 aromatic heterocycles. The van der Waals surface area contributed by atoms with Gasteiger partial charge >= 0.3 is 0 Å². The molecule has 2 amide bonds. The van der Waals surface area contributed by atoms with Crippen LogP contribution in [-0.4, -0.2) is 27.9 Å². The molecule has 7 heteroatoms. The van der Waals surface area contributed by atoms with Gasteiger partial charge in [-0.05, 0) is 36.1 Å². The predicted molar refractivity (Wildman–Crippen MR) is 96.8 cm³/mol. The highest BCUT2D eigenvalue weighted by atomic mass is 32.1. The van der Waals surface area contributed by atoms with Gasteiger partial charge in [-0.1, -0.05) is 18.2 Å². The summed E-state index contributed by atoms with van der Waals surface area (Å²) in [6.07, 6.45) is 5.33. The van der Waals surface area contributed by atoms with Crippen molar-refractivity contribution in [2.75, 3.05) is 6.54 Å². The third-order valence-corrected chi connectivity index (χ3v) is 4.60. The van der Waals surface area contributed by atoms with Gasteiger partial charge < -0.3 is 15.2 Å². The van der Waals surface area contributed by atoms with Gasteiger partial charge in [-0.2, -0.15) is 0 Å². The number of hydrogen-bond donors (Lipinski definition) is 2. The number of carbonyl (C=O) groups excluding carboxylic acids is 2. The minimum Gasteiger partial charge on any atom is -0.348 e. The van der Waals surface area contributed by atoms with E-state index in [0.717, 1.165) is 11.3 Å². The topological polar surface area (TPSA) is 76.0 Å². The van der Waals surface area contributed by atoms with Gasteiger partial charge in [0.15, 0.2) is 0 Å². The highest BCUT2D eigenvalue weighted by molar-refractivity contribution is 7.12. The Kier molecular flexibility index (Phi) is 5.25. The van der Waals surface area contributed by atoms with Gasteiger partial charge in [0.1, 0.15) is 0 Å². The Morgan fingerprint density at radius 2 is 2.04 bits per heavy atom. The van der Waals surface area contributed by atoms with Gasteiger partial charge in [0, 0.05) is 18.1 Å². The fraction of sp³-hybridized carbons (Fsp3) is 0.167. The molecule has 0 radical (unpaired) electrons. The molecule has 0 aliphatic carbocycles. The minimum atomic E-state index is -0.234. The lowest BCUT2D eigenvalue weighted by molar-refractivity contribution is -0.120. The van der Waals surface area contributed by atoms with Crippen LogP contribution in [0.2, 0.25) is 0 Å². The first kappa shape index (κ1) is 16.9. The Labute approximate surface area is 149 Å². The Balaban J connectivity index is 1.52. The summed E-state index contributed by atoms with van der Waals surface area (Å²) in [6.45, 7) is 1.86. The molecule has 2 heterocycles. The quantitative estimate of drug-likeness (QED) is 0.714. The lowest BCUT2D eigenvalue weighted by Gasteiger charge is -2.15. The average Bonchev–Trinajstić information content (AvgIpc) is 3.33. The fourth-order valence-corrected chi connectivity index (χ4v) is 3.02. The number of imidazole rings is 1. The Bertz CT molecular complexity index is 827. The molecule has 2 N–H and O–H groups in total. The Morgan fingerprint density at radius 3 is 2.68 bits per heavy atom. The van der Waals surface area contributed by atoms with Crippen molar-refractivity contribution >= 4 is 23.2 Å². The van der Waals surface area contributed by atoms with Crippen LogP contribution in [0.5, 0.6) is 0 Å². The number of benzene rings is 1. The van der Waals surface area contributed by atoms with Crippen LogP contribution in [0, 0.1) is 0 Å². The highest BCUT2D eigenvalue weighted by Crippen LogP contribution is 2.15. The van der Waals surface area contributed by atoms with E-state index in [4.69, 9.17) is 0 Å². The van der Waals surface area contributed by atoms with E-state index in [1.807, 2.05) is 47.3 Å². The average molecular weight is 354 g/mol. The molecule has 3 rings (SSSR count). The molecule has 3 aromatic rings. The van der Waals surface area contributed by atoms with Crippen molar-refractivity contribution in [1.82, 2.24) is 20.2 Å². The standard InChI is InChI=1S/C18H18N4O2S/c1-13(14-4-6-15(7-5-14)22-9-8-19-12-22)21-17(23)11-20-18(24)16-3-2-10-25-16/h2-10,12-13H,11H2,1H3,(H,20,24)(H,21,23)/t13-/m0/s1. The lowest BCUT2D eigenvalue weighted by Crippen LogP contribution is -2.37. The van der Waals surface area contributed by atoms with E-state index < -0.39 is 0 Å². The lowest BCUT2D eigenvalue weighted by atomic mass is 10.1. The zero-order chi connectivity index (χ0) is 17.6. The van der Waals surface area contributed by atoms with Crippen molar-refractivity contribution in [2.45, 2.75) is 13.0 Å². The van der Waals surface area contributed by atoms with Crippen LogP contribution in [0.25, 0.3) is 5.69 Å². The van der Waals surface area contributed by atoms with Gasteiger partial charge in [0.2, 0.25) is 5.91 Å². The van der Waals surface area contributed by atoms with E-state index in [-0.39, 0.29) is 24.4 Å². The van der Waals surface area contributed by atoms with Crippen LogP contribution in [0.15, 0.2) is 60.5 Å². The summed E-state index contributed by atoms with van der Waals surface area (Å²) >= 11 is 1.34. The molecular formula is C18H18N4O2S. The molecule has 0 saturated carbocycles. The maximum atomic E-state index is 12.0. The molecule has 0 fully saturated rings. The summed E-state index contributed by atoms with van der Waals surface area (Å²) in [5.41, 5.74) is 1.99. The van der Waals surface area contributed by atoms with Gasteiger partial charge in [-0.25, -0.2) is 4.98 Å². The molecular weight excluding hydrogens is 336 g/mol. The number of rotatable bonds is 6. The number of hydrogen-bond acceptors (Lipinski definition) is 4. The second-order valence-corrected chi connectivity index (χ2v) is 6.46. The second-order valence-electron chi connectivity index (χ2n) is 5.51. The van der Waals surface area contributed by atoms with Crippen molar-refractivity contribution in [1.29, 1.82) is 0 Å². The van der Waals surface area contributed by atoms with Crippen molar-refractivity contribution < 1.29 is 9.59 Å². The molecule has 128 valence electrons. The molecule has 0 bridgehead atoms. The van der Waals surface area contributed by atoms with E-state index in [9.17, 15) is 9.59 Å². The highest BCUT2D eigenvalue weighted by Gasteiger charge is 2.12. The van der Waals surface area contributed by atoms with Crippen LogP contribution < -0.4 is 10.6 Å². The maximum absolute atomic E-state index is 12.0. The molecule has 1 aromatic carbocycles. The van der Waals surface area contributed by atoms with Crippen LogP contribution in [0.4, 0.5) is 0 Å². The number of aromatic nitrogens is 2. The van der Waals surface area contributed by atoms with E-state index in [1.54, 1.807) is 24.7 Å². The normalized spacial score (nSPS) is 11.7.